The van der Waals surface area contributed by atoms with Crippen molar-refractivity contribution in [2.45, 2.75) is 214 Å². The Morgan fingerprint density at radius 3 is 1.42 bits per heavy atom. The second kappa shape index (κ2) is 27.8. The van der Waals surface area contributed by atoms with Gasteiger partial charge in [-0.15, -0.1) is 0 Å². The molecular weight excluding hydrogens is 652 g/mol. The van der Waals surface area contributed by atoms with E-state index in [0.29, 0.717) is 25.0 Å². The van der Waals surface area contributed by atoms with Crippen LogP contribution < -0.4 is 0 Å². The van der Waals surface area contributed by atoms with Gasteiger partial charge in [0, 0.05) is 2.85 Å². The third kappa shape index (κ3) is 16.2. The molecule has 0 saturated heterocycles. The highest BCUT2D eigenvalue weighted by Gasteiger charge is 2.35. The van der Waals surface area contributed by atoms with Crippen molar-refractivity contribution >= 4 is 5.97 Å². The average Bonchev–Trinajstić information content (AvgIpc) is 3.14. The minimum Gasteiger partial charge on any atom is -0.463 e. The zero-order chi connectivity index (χ0) is 33.4. The van der Waals surface area contributed by atoms with Crippen molar-refractivity contribution in [1.29, 1.82) is 0 Å². The highest BCUT2D eigenvalue weighted by molar-refractivity contribution is 5.72. The fourth-order valence-electron chi connectivity index (χ4n) is 11.2. The zero-order valence-electron chi connectivity index (χ0n) is 33.3. The summed E-state index contributed by atoms with van der Waals surface area (Å²) >= 11 is 0. The van der Waals surface area contributed by atoms with Gasteiger partial charge in [0.1, 0.15) is 12.7 Å². The molecule has 0 aromatic rings. The molecule has 1 atom stereocenters. The van der Waals surface area contributed by atoms with E-state index < -0.39 is 0 Å². The van der Waals surface area contributed by atoms with Crippen LogP contribution in [0.5, 0.6) is 0 Å². The molecule has 0 amide bonds. The first-order valence-corrected chi connectivity index (χ1v) is 22.1. The summed E-state index contributed by atoms with van der Waals surface area (Å²) < 4.78 is 6.05. The predicted molar refractivity (Wildman–Crippen MR) is 220 cm³/mol. The number of unbranched alkanes of at least 4 members (excludes halogenated alkanes) is 4. The SMILES string of the molecule is C.CCCCCC1CCC(C2CCC(COOC(COC(=O)C3CCC(C4CCC(CCCCC)CC4)CC3)C3CCCCC3)CC2)CC1.O.O.O.[HH].[HH]. The van der Waals surface area contributed by atoms with E-state index in [4.69, 9.17) is 14.5 Å². The van der Waals surface area contributed by atoms with Crippen LogP contribution >= 0.6 is 0 Å². The van der Waals surface area contributed by atoms with Crippen LogP contribution in [0.1, 0.15) is 210 Å². The first-order valence-electron chi connectivity index (χ1n) is 22.1. The Kier molecular flexibility index (Phi) is 26.3. The fraction of sp³-hybridized carbons (Fsp3) is 0.978. The highest BCUT2D eigenvalue weighted by atomic mass is 17.2. The largest absolute Gasteiger partial charge is 0.463 e. The lowest BCUT2D eigenvalue weighted by Gasteiger charge is -2.38. The molecule has 52 heavy (non-hydrogen) atoms. The Morgan fingerprint density at radius 1 is 0.558 bits per heavy atom. The maximum Gasteiger partial charge on any atom is 0.309 e. The Morgan fingerprint density at radius 2 is 0.981 bits per heavy atom. The normalized spacial score (nSPS) is 31.8. The summed E-state index contributed by atoms with van der Waals surface area (Å²) in [5.74, 6) is 6.85. The number of rotatable bonds is 18. The summed E-state index contributed by atoms with van der Waals surface area (Å²) in [6, 6.07) is 0. The molecule has 0 aromatic carbocycles. The van der Waals surface area contributed by atoms with E-state index in [9.17, 15) is 4.79 Å². The van der Waals surface area contributed by atoms with Crippen LogP contribution in [0.2, 0.25) is 0 Å². The third-order valence-electron chi connectivity index (χ3n) is 14.6. The molecule has 5 fully saturated rings. The molecule has 314 valence electrons. The Labute approximate surface area is 324 Å². The molecule has 0 spiro atoms. The number of ether oxygens (including phenoxy) is 1. The molecule has 0 radical (unpaired) electrons. The summed E-state index contributed by atoms with van der Waals surface area (Å²) in [5, 5.41) is 0. The van der Waals surface area contributed by atoms with E-state index in [0.717, 1.165) is 48.3 Å². The van der Waals surface area contributed by atoms with Gasteiger partial charge in [-0.3, -0.25) is 4.79 Å². The van der Waals surface area contributed by atoms with Gasteiger partial charge < -0.3 is 21.2 Å². The molecule has 0 heterocycles. The summed E-state index contributed by atoms with van der Waals surface area (Å²) in [5.41, 5.74) is 0. The average molecular weight is 745 g/mol. The van der Waals surface area contributed by atoms with Crippen molar-refractivity contribution in [3.05, 3.63) is 0 Å². The second-order valence-electron chi connectivity index (χ2n) is 17.9. The molecule has 0 aliphatic heterocycles. The van der Waals surface area contributed by atoms with E-state index in [1.165, 1.54) is 173 Å². The van der Waals surface area contributed by atoms with Crippen LogP contribution in [-0.2, 0) is 19.3 Å². The fourth-order valence-corrected chi connectivity index (χ4v) is 11.2. The summed E-state index contributed by atoms with van der Waals surface area (Å²) in [6.07, 6.45) is 38.9. The van der Waals surface area contributed by atoms with Crippen molar-refractivity contribution in [3.8, 4) is 0 Å². The standard InChI is InChI=1S/C44H78O4.CH4.3H2O.2H2/c1-3-5-8-12-34-16-22-37(23-17-34)39-26-20-36(21-27-39)32-47-48-43(41-14-10-7-11-15-41)33-46-44(45)42-30-28-40(29-31-42)38-24-18-35(19-25-38)13-9-6-4-2;;;;;;/h34-43H,3-33H2,1-2H3;1H4;3*1H2;2*1H. The quantitative estimate of drug-likeness (QED) is 0.0596. The minimum atomic E-state index is -0.109. The van der Waals surface area contributed by atoms with E-state index in [2.05, 4.69) is 13.8 Å². The first-order chi connectivity index (χ1) is 23.6. The van der Waals surface area contributed by atoms with E-state index >= 15 is 0 Å². The topological polar surface area (TPSA) is 139 Å². The lowest BCUT2D eigenvalue weighted by atomic mass is 9.68. The number of hydrogen-bond acceptors (Lipinski definition) is 4. The molecule has 5 rings (SSSR count). The van der Waals surface area contributed by atoms with Crippen molar-refractivity contribution in [3.63, 3.8) is 0 Å². The molecule has 5 aliphatic carbocycles. The van der Waals surface area contributed by atoms with Gasteiger partial charge in [-0.1, -0.05) is 118 Å². The van der Waals surface area contributed by atoms with E-state index in [1.807, 2.05) is 0 Å². The summed E-state index contributed by atoms with van der Waals surface area (Å²) in [7, 11) is 0. The maximum absolute atomic E-state index is 13.3. The van der Waals surface area contributed by atoms with Crippen LogP contribution in [0.4, 0.5) is 0 Å². The van der Waals surface area contributed by atoms with Crippen LogP contribution in [-0.4, -0.2) is 41.7 Å². The molecule has 5 saturated carbocycles. The lowest BCUT2D eigenvalue weighted by molar-refractivity contribution is -0.346. The number of esters is 1. The second-order valence-corrected chi connectivity index (χ2v) is 17.9. The van der Waals surface area contributed by atoms with Gasteiger partial charge in [0.25, 0.3) is 0 Å². The monoisotopic (exact) mass is 745 g/mol. The smallest absolute Gasteiger partial charge is 0.309 e. The highest BCUT2D eigenvalue weighted by Crippen LogP contribution is 2.44. The molecule has 7 heteroatoms. The number of carbonyl (C=O) groups is 1. The van der Waals surface area contributed by atoms with Crippen molar-refractivity contribution in [1.82, 2.24) is 0 Å². The first kappa shape index (κ1) is 49.3. The minimum absolute atomic E-state index is 0. The van der Waals surface area contributed by atoms with Crippen molar-refractivity contribution < 1.29 is 38.6 Å². The molecule has 5 aliphatic rings. The molecule has 7 nitrogen and oxygen atoms in total. The third-order valence-corrected chi connectivity index (χ3v) is 14.6. The molecule has 1 unspecified atom stereocenters. The molecule has 6 N–H and O–H groups in total. The Balaban J connectivity index is 0. The Hall–Kier alpha value is -0.730. The molecular formula is C45H92O7. The molecule has 0 bridgehead atoms. The number of carbonyl (C=O) groups excluding carboxylic acids is 1. The van der Waals surface area contributed by atoms with Crippen LogP contribution in [0, 0.1) is 53.3 Å². The van der Waals surface area contributed by atoms with Gasteiger partial charge in [-0.2, -0.15) is 0 Å². The maximum atomic E-state index is 13.3. The predicted octanol–water partition coefficient (Wildman–Crippen LogP) is 11.5. The van der Waals surface area contributed by atoms with Crippen molar-refractivity contribution in [2.75, 3.05) is 13.2 Å². The van der Waals surface area contributed by atoms with E-state index in [-0.39, 0.29) is 44.7 Å². The van der Waals surface area contributed by atoms with Crippen LogP contribution in [0.25, 0.3) is 0 Å². The van der Waals surface area contributed by atoms with Gasteiger partial charge in [0.2, 0.25) is 0 Å². The lowest BCUT2D eigenvalue weighted by Crippen LogP contribution is -2.35. The summed E-state index contributed by atoms with van der Waals surface area (Å²) in [6.45, 7) is 5.71. The van der Waals surface area contributed by atoms with Crippen LogP contribution in [0.3, 0.4) is 0 Å². The van der Waals surface area contributed by atoms with Gasteiger partial charge in [0.15, 0.2) is 0 Å². The van der Waals surface area contributed by atoms with Gasteiger partial charge in [-0.25, -0.2) is 9.78 Å². The van der Waals surface area contributed by atoms with Gasteiger partial charge in [-0.05, 0) is 137 Å². The van der Waals surface area contributed by atoms with Crippen LogP contribution in [0.15, 0.2) is 0 Å². The van der Waals surface area contributed by atoms with Gasteiger partial charge >= 0.3 is 5.97 Å². The van der Waals surface area contributed by atoms with Gasteiger partial charge in [0.05, 0.1) is 12.5 Å². The summed E-state index contributed by atoms with van der Waals surface area (Å²) in [4.78, 5) is 25.5. The Bertz CT molecular complexity index is 858. The molecule has 0 aromatic heterocycles. The zero-order valence-corrected chi connectivity index (χ0v) is 33.3. The number of hydrogen-bond donors (Lipinski definition) is 0. The van der Waals surface area contributed by atoms with E-state index in [1.54, 1.807) is 0 Å². The van der Waals surface area contributed by atoms with Crippen molar-refractivity contribution in [2.24, 2.45) is 53.3 Å².